The summed E-state index contributed by atoms with van der Waals surface area (Å²) in [4.78, 5) is 35.1. The first-order valence-electron chi connectivity index (χ1n) is 8.47. The smallest absolute Gasteiger partial charge is 0.336 e. The average Bonchev–Trinajstić information content (AvgIpc) is 2.57. The number of carboxylic acid groups (broad SMARTS) is 1. The highest BCUT2D eigenvalue weighted by Gasteiger charge is 2.27. The van der Waals surface area contributed by atoms with Crippen LogP contribution in [0.4, 0.5) is 0 Å². The molecule has 1 aromatic carbocycles. The average molecular weight is 361 g/mol. The van der Waals surface area contributed by atoms with E-state index in [2.05, 4.69) is 5.32 Å². The molecule has 26 heavy (non-hydrogen) atoms. The van der Waals surface area contributed by atoms with Gasteiger partial charge in [0.1, 0.15) is 17.4 Å². The fourth-order valence-electron chi connectivity index (χ4n) is 2.59. The summed E-state index contributed by atoms with van der Waals surface area (Å²) in [6.07, 6.45) is -0.287. The minimum Gasteiger partial charge on any atom is -0.481 e. The number of amides is 1. The Morgan fingerprint density at radius 1 is 1.27 bits per heavy atom. The molecule has 0 aliphatic rings. The minimum absolute atomic E-state index is 0.207. The quantitative estimate of drug-likeness (QED) is 0.734. The highest BCUT2D eigenvalue weighted by atomic mass is 16.5. The monoisotopic (exact) mass is 361 g/mol. The molecule has 2 rings (SSSR count). The van der Waals surface area contributed by atoms with Gasteiger partial charge in [-0.15, -0.1) is 0 Å². The first kappa shape index (κ1) is 19.5. The van der Waals surface area contributed by atoms with Crippen molar-refractivity contribution in [3.05, 3.63) is 40.2 Å². The van der Waals surface area contributed by atoms with Crippen LogP contribution in [-0.4, -0.2) is 29.1 Å². The molecule has 0 aliphatic heterocycles. The Balaban J connectivity index is 2.14. The fraction of sp³-hybridized carbons (Fsp3) is 0.421. The summed E-state index contributed by atoms with van der Waals surface area (Å²) in [5.74, 6) is -1.46. The van der Waals surface area contributed by atoms with Crippen LogP contribution >= 0.6 is 0 Å². The third-order valence-electron chi connectivity index (χ3n) is 4.38. The maximum absolute atomic E-state index is 12.3. The van der Waals surface area contributed by atoms with E-state index in [0.717, 1.165) is 10.9 Å². The van der Waals surface area contributed by atoms with Gasteiger partial charge in [-0.2, -0.15) is 0 Å². The van der Waals surface area contributed by atoms with E-state index < -0.39 is 29.6 Å². The van der Waals surface area contributed by atoms with Crippen LogP contribution in [0.2, 0.25) is 0 Å². The van der Waals surface area contributed by atoms with E-state index >= 15 is 0 Å². The molecular weight excluding hydrogens is 338 g/mol. The summed E-state index contributed by atoms with van der Waals surface area (Å²) in [6.45, 7) is 6.95. The molecule has 1 heterocycles. The zero-order valence-corrected chi connectivity index (χ0v) is 15.2. The SMILES string of the molecule is CCC(C)C(NC(=O)C(C)Oc1ccc2c(C)cc(=O)oc2c1)C(=O)O. The number of fused-ring (bicyclic) bond motifs is 1. The maximum Gasteiger partial charge on any atom is 0.336 e. The standard InChI is InChI=1S/C19H23NO6/c1-5-10(2)17(19(23)24)20-18(22)12(4)25-13-6-7-14-11(3)8-16(21)26-15(14)9-13/h6-10,12,17H,5H2,1-4H3,(H,20,22)(H,23,24). The van der Waals surface area contributed by atoms with E-state index in [9.17, 15) is 19.5 Å². The zero-order valence-electron chi connectivity index (χ0n) is 15.2. The molecule has 0 radical (unpaired) electrons. The molecule has 1 amide bonds. The molecule has 0 saturated heterocycles. The molecule has 0 bridgehead atoms. The Labute approximate surface area is 151 Å². The molecule has 3 unspecified atom stereocenters. The van der Waals surface area contributed by atoms with Gasteiger partial charge in [0.15, 0.2) is 6.10 Å². The highest BCUT2D eigenvalue weighted by molar-refractivity contribution is 5.86. The number of ether oxygens (including phenoxy) is 1. The molecule has 0 spiro atoms. The van der Waals surface area contributed by atoms with E-state index in [4.69, 9.17) is 9.15 Å². The molecule has 140 valence electrons. The lowest BCUT2D eigenvalue weighted by Gasteiger charge is -2.22. The topological polar surface area (TPSA) is 106 Å². The Morgan fingerprint density at radius 2 is 1.96 bits per heavy atom. The molecule has 0 saturated carbocycles. The lowest BCUT2D eigenvalue weighted by molar-refractivity contribution is -0.144. The van der Waals surface area contributed by atoms with Gasteiger partial charge in [-0.3, -0.25) is 4.79 Å². The number of aryl methyl sites for hydroxylation is 1. The number of carbonyl (C=O) groups excluding carboxylic acids is 1. The van der Waals surface area contributed by atoms with E-state index in [1.807, 2.05) is 6.92 Å². The summed E-state index contributed by atoms with van der Waals surface area (Å²) in [7, 11) is 0. The van der Waals surface area contributed by atoms with Crippen LogP contribution in [0, 0.1) is 12.8 Å². The van der Waals surface area contributed by atoms with Crippen LogP contribution < -0.4 is 15.7 Å². The van der Waals surface area contributed by atoms with Gasteiger partial charge in [0, 0.05) is 17.5 Å². The van der Waals surface area contributed by atoms with Crippen molar-refractivity contribution in [2.24, 2.45) is 5.92 Å². The lowest BCUT2D eigenvalue weighted by Crippen LogP contribution is -2.49. The number of benzene rings is 1. The van der Waals surface area contributed by atoms with Gasteiger partial charge >= 0.3 is 11.6 Å². The van der Waals surface area contributed by atoms with Crippen molar-refractivity contribution in [1.29, 1.82) is 0 Å². The number of carbonyl (C=O) groups is 2. The summed E-state index contributed by atoms with van der Waals surface area (Å²) in [6, 6.07) is 5.38. The first-order valence-corrected chi connectivity index (χ1v) is 8.47. The fourth-order valence-corrected chi connectivity index (χ4v) is 2.59. The largest absolute Gasteiger partial charge is 0.481 e. The Hall–Kier alpha value is -2.83. The van der Waals surface area contributed by atoms with Crippen molar-refractivity contribution < 1.29 is 23.8 Å². The van der Waals surface area contributed by atoms with Crippen molar-refractivity contribution in [2.45, 2.75) is 46.3 Å². The molecule has 7 nitrogen and oxygen atoms in total. The van der Waals surface area contributed by atoms with Crippen LogP contribution in [0.3, 0.4) is 0 Å². The van der Waals surface area contributed by atoms with E-state index in [1.165, 1.54) is 19.1 Å². The summed E-state index contributed by atoms with van der Waals surface area (Å²) < 4.78 is 10.7. The number of rotatable bonds is 7. The zero-order chi connectivity index (χ0) is 19.4. The Bertz CT molecular complexity index is 872. The van der Waals surface area contributed by atoms with E-state index in [-0.39, 0.29) is 5.92 Å². The number of aliphatic carboxylic acids is 1. The van der Waals surface area contributed by atoms with Crippen molar-refractivity contribution in [3.8, 4) is 5.75 Å². The predicted octanol–water partition coefficient (Wildman–Crippen LogP) is 2.48. The van der Waals surface area contributed by atoms with E-state index in [1.54, 1.807) is 26.0 Å². The van der Waals surface area contributed by atoms with Crippen LogP contribution in [0.25, 0.3) is 11.0 Å². The molecule has 7 heteroatoms. The predicted molar refractivity (Wildman–Crippen MR) is 96.3 cm³/mol. The number of nitrogens with one attached hydrogen (secondary N) is 1. The van der Waals surface area contributed by atoms with E-state index in [0.29, 0.717) is 17.8 Å². The lowest BCUT2D eigenvalue weighted by atomic mass is 9.99. The number of hydrogen-bond acceptors (Lipinski definition) is 5. The molecular formula is C19H23NO6. The molecule has 0 fully saturated rings. The Kier molecular flexibility index (Phi) is 6.02. The number of hydrogen-bond donors (Lipinski definition) is 2. The van der Waals surface area contributed by atoms with Gasteiger partial charge in [-0.1, -0.05) is 20.3 Å². The van der Waals surface area contributed by atoms with Gasteiger partial charge in [0.25, 0.3) is 5.91 Å². The van der Waals surface area contributed by atoms with Gasteiger partial charge < -0.3 is 19.6 Å². The molecule has 0 aliphatic carbocycles. The highest BCUT2D eigenvalue weighted by Crippen LogP contribution is 2.23. The van der Waals surface area contributed by atoms with Crippen LogP contribution in [0.15, 0.2) is 33.5 Å². The Morgan fingerprint density at radius 3 is 2.58 bits per heavy atom. The second-order valence-electron chi connectivity index (χ2n) is 6.38. The van der Waals surface area contributed by atoms with Gasteiger partial charge in [-0.25, -0.2) is 9.59 Å². The summed E-state index contributed by atoms with van der Waals surface area (Å²) in [5.41, 5.74) is 0.686. The maximum atomic E-state index is 12.3. The van der Waals surface area contributed by atoms with Crippen LogP contribution in [0.5, 0.6) is 5.75 Å². The summed E-state index contributed by atoms with van der Waals surface area (Å²) in [5, 5.41) is 12.5. The third-order valence-corrected chi connectivity index (χ3v) is 4.38. The molecule has 2 aromatic rings. The van der Waals surface area contributed by atoms with Gasteiger partial charge in [0.05, 0.1) is 0 Å². The second-order valence-corrected chi connectivity index (χ2v) is 6.38. The van der Waals surface area contributed by atoms with Crippen LogP contribution in [-0.2, 0) is 9.59 Å². The van der Waals surface area contributed by atoms with Crippen molar-refractivity contribution in [2.75, 3.05) is 0 Å². The third kappa shape index (κ3) is 4.41. The number of carboxylic acids is 1. The van der Waals surface area contributed by atoms with Crippen molar-refractivity contribution >= 4 is 22.8 Å². The summed E-state index contributed by atoms with van der Waals surface area (Å²) >= 11 is 0. The minimum atomic E-state index is -1.08. The van der Waals surface area contributed by atoms with Gasteiger partial charge in [-0.05, 0) is 37.5 Å². The molecule has 1 aromatic heterocycles. The molecule has 2 N–H and O–H groups in total. The first-order chi connectivity index (χ1) is 12.2. The van der Waals surface area contributed by atoms with Crippen molar-refractivity contribution in [1.82, 2.24) is 5.32 Å². The van der Waals surface area contributed by atoms with Crippen LogP contribution in [0.1, 0.15) is 32.8 Å². The van der Waals surface area contributed by atoms with Gasteiger partial charge in [0.2, 0.25) is 0 Å². The normalized spacial score (nSPS) is 14.5. The second kappa shape index (κ2) is 8.03. The molecule has 3 atom stereocenters. The van der Waals surface area contributed by atoms with Crippen molar-refractivity contribution in [3.63, 3.8) is 0 Å².